The maximum atomic E-state index is 12.9. The molecule has 26 heavy (non-hydrogen) atoms. The summed E-state index contributed by atoms with van der Waals surface area (Å²) < 4.78 is 39.7. The fourth-order valence-corrected chi connectivity index (χ4v) is 3.53. The van der Waals surface area contributed by atoms with Gasteiger partial charge in [-0.15, -0.1) is 11.3 Å². The first-order chi connectivity index (χ1) is 12.1. The van der Waals surface area contributed by atoms with Crippen molar-refractivity contribution in [2.24, 2.45) is 0 Å². The number of alkyl halides is 3. The van der Waals surface area contributed by atoms with Gasteiger partial charge in [-0.3, -0.25) is 0 Å². The minimum Gasteiger partial charge on any atom is -0.354 e. The van der Waals surface area contributed by atoms with Gasteiger partial charge in [-0.2, -0.15) is 13.2 Å². The number of aromatic nitrogens is 2. The Morgan fingerprint density at radius 2 is 1.92 bits per heavy atom. The largest absolute Gasteiger partial charge is 0.433 e. The summed E-state index contributed by atoms with van der Waals surface area (Å²) in [4.78, 5) is 8.19. The lowest BCUT2D eigenvalue weighted by Crippen LogP contribution is -2.10. The van der Waals surface area contributed by atoms with Crippen LogP contribution in [-0.2, 0) is 6.18 Å². The number of pyridine rings is 1. The molecule has 0 saturated carbocycles. The van der Waals surface area contributed by atoms with E-state index in [-0.39, 0.29) is 11.6 Å². The summed E-state index contributed by atoms with van der Waals surface area (Å²) in [5, 5.41) is 4.11. The predicted molar refractivity (Wildman–Crippen MR) is 100 cm³/mol. The highest BCUT2D eigenvalue weighted by Crippen LogP contribution is 2.34. The van der Waals surface area contributed by atoms with Crippen molar-refractivity contribution in [3.8, 4) is 0 Å². The molecule has 0 atom stereocenters. The highest BCUT2D eigenvalue weighted by Gasteiger charge is 2.32. The van der Waals surface area contributed by atoms with Gasteiger partial charge in [0, 0.05) is 5.69 Å². The SMILES string of the molecule is C=C(Nc1cc2sc(C)nc2cc1C(C)C)c1cccc(C(F)(F)F)n1. The average Bonchev–Trinajstić information content (AvgIpc) is 2.92. The van der Waals surface area contributed by atoms with Crippen molar-refractivity contribution in [2.45, 2.75) is 32.9 Å². The third kappa shape index (κ3) is 3.72. The Hall–Kier alpha value is -2.41. The molecule has 0 amide bonds. The second kappa shape index (κ2) is 6.72. The van der Waals surface area contributed by atoms with Gasteiger partial charge < -0.3 is 5.32 Å². The topological polar surface area (TPSA) is 37.8 Å². The first kappa shape index (κ1) is 18.4. The molecule has 0 unspecified atom stereocenters. The normalized spacial score (nSPS) is 12.0. The minimum absolute atomic E-state index is 0.162. The van der Waals surface area contributed by atoms with E-state index >= 15 is 0 Å². The molecule has 2 heterocycles. The Bertz CT molecular complexity index is 974. The molecule has 3 nitrogen and oxygen atoms in total. The van der Waals surface area contributed by atoms with Crippen LogP contribution in [0.15, 0.2) is 36.9 Å². The zero-order valence-corrected chi connectivity index (χ0v) is 15.4. The third-order valence-electron chi connectivity index (χ3n) is 3.92. The van der Waals surface area contributed by atoms with Gasteiger partial charge >= 0.3 is 6.18 Å². The minimum atomic E-state index is -4.49. The van der Waals surface area contributed by atoms with E-state index in [2.05, 4.69) is 35.7 Å². The molecule has 3 aromatic rings. The van der Waals surface area contributed by atoms with Crippen molar-refractivity contribution in [3.63, 3.8) is 0 Å². The molecule has 0 radical (unpaired) electrons. The maximum Gasteiger partial charge on any atom is 0.433 e. The number of anilines is 1. The van der Waals surface area contributed by atoms with E-state index < -0.39 is 11.9 Å². The molecule has 0 aliphatic rings. The quantitative estimate of drug-likeness (QED) is 0.586. The van der Waals surface area contributed by atoms with E-state index in [1.54, 1.807) is 11.3 Å². The van der Waals surface area contributed by atoms with E-state index in [0.717, 1.165) is 32.5 Å². The summed E-state index contributed by atoms with van der Waals surface area (Å²) >= 11 is 1.57. The Morgan fingerprint density at radius 1 is 1.19 bits per heavy atom. The van der Waals surface area contributed by atoms with Crippen LogP contribution >= 0.6 is 11.3 Å². The second-order valence-electron chi connectivity index (χ2n) is 6.30. The molecule has 0 aliphatic heterocycles. The lowest BCUT2D eigenvalue weighted by molar-refractivity contribution is -0.141. The molecular formula is C19H18F3N3S. The van der Waals surface area contributed by atoms with Gasteiger partial charge in [-0.25, -0.2) is 9.97 Å². The van der Waals surface area contributed by atoms with Gasteiger partial charge in [0.2, 0.25) is 0 Å². The van der Waals surface area contributed by atoms with E-state index in [1.807, 2.05) is 19.1 Å². The number of hydrogen-bond acceptors (Lipinski definition) is 4. The number of hydrogen-bond donors (Lipinski definition) is 1. The molecule has 7 heteroatoms. The standard InChI is InChI=1S/C19H18F3N3S/c1-10(2)13-8-16-17(26-12(4)24-16)9-15(13)23-11(3)14-6-5-7-18(25-14)19(20,21)22/h5-10,23H,3H2,1-2,4H3. The van der Waals surface area contributed by atoms with Crippen LogP contribution in [0.2, 0.25) is 0 Å². The summed E-state index contributed by atoms with van der Waals surface area (Å²) in [7, 11) is 0. The Balaban J connectivity index is 1.97. The molecule has 0 fully saturated rings. The van der Waals surface area contributed by atoms with Crippen molar-refractivity contribution in [1.29, 1.82) is 0 Å². The fourth-order valence-electron chi connectivity index (χ4n) is 2.68. The van der Waals surface area contributed by atoms with Gasteiger partial charge in [0.25, 0.3) is 0 Å². The van der Waals surface area contributed by atoms with Crippen LogP contribution in [-0.4, -0.2) is 9.97 Å². The molecule has 3 rings (SSSR count). The zero-order valence-electron chi connectivity index (χ0n) is 14.6. The number of fused-ring (bicyclic) bond motifs is 1. The fraction of sp³-hybridized carbons (Fsp3) is 0.263. The van der Waals surface area contributed by atoms with Gasteiger partial charge in [-0.1, -0.05) is 26.5 Å². The number of nitrogens with zero attached hydrogens (tertiary/aromatic N) is 2. The van der Waals surface area contributed by atoms with Crippen LogP contribution in [0.4, 0.5) is 18.9 Å². The van der Waals surface area contributed by atoms with E-state index in [1.165, 1.54) is 12.1 Å². The maximum absolute atomic E-state index is 12.9. The molecule has 1 N–H and O–H groups in total. The van der Waals surface area contributed by atoms with Crippen LogP contribution in [0.1, 0.15) is 41.7 Å². The van der Waals surface area contributed by atoms with Crippen molar-refractivity contribution in [1.82, 2.24) is 9.97 Å². The molecule has 0 saturated heterocycles. The number of benzene rings is 1. The monoisotopic (exact) mass is 377 g/mol. The highest BCUT2D eigenvalue weighted by molar-refractivity contribution is 7.18. The van der Waals surface area contributed by atoms with Gasteiger partial charge in [0.05, 0.1) is 26.6 Å². The zero-order chi connectivity index (χ0) is 19.1. The highest BCUT2D eigenvalue weighted by atomic mass is 32.1. The van der Waals surface area contributed by atoms with Crippen LogP contribution < -0.4 is 5.32 Å². The molecule has 0 bridgehead atoms. The Kier molecular flexibility index (Phi) is 4.75. The molecule has 136 valence electrons. The van der Waals surface area contributed by atoms with E-state index in [0.29, 0.717) is 5.70 Å². The molecule has 0 spiro atoms. The smallest absolute Gasteiger partial charge is 0.354 e. The Labute approximate surface area is 153 Å². The van der Waals surface area contributed by atoms with Crippen molar-refractivity contribution in [2.75, 3.05) is 5.32 Å². The summed E-state index contributed by atoms with van der Waals surface area (Å²) in [5.41, 5.74) is 2.30. The van der Waals surface area contributed by atoms with Gasteiger partial charge in [0.1, 0.15) is 5.69 Å². The first-order valence-corrected chi connectivity index (χ1v) is 8.88. The lowest BCUT2D eigenvalue weighted by atomic mass is 10.0. The van der Waals surface area contributed by atoms with Gasteiger partial charge in [-0.05, 0) is 42.7 Å². The summed E-state index contributed by atoms with van der Waals surface area (Å²) in [5.74, 6) is 0.214. The predicted octanol–water partition coefficient (Wildman–Crippen LogP) is 6.22. The van der Waals surface area contributed by atoms with Crippen LogP contribution in [0.25, 0.3) is 15.9 Å². The number of halogens is 3. The summed E-state index contributed by atoms with van der Waals surface area (Å²) in [6.07, 6.45) is -4.49. The van der Waals surface area contributed by atoms with Crippen molar-refractivity contribution in [3.05, 3.63) is 58.9 Å². The van der Waals surface area contributed by atoms with E-state index in [9.17, 15) is 13.2 Å². The second-order valence-corrected chi connectivity index (χ2v) is 7.54. The van der Waals surface area contributed by atoms with Crippen molar-refractivity contribution >= 4 is 32.9 Å². The Morgan fingerprint density at radius 3 is 2.58 bits per heavy atom. The molecule has 0 aliphatic carbocycles. The first-order valence-electron chi connectivity index (χ1n) is 8.07. The van der Waals surface area contributed by atoms with Crippen LogP contribution in [0, 0.1) is 6.92 Å². The number of nitrogens with one attached hydrogen (secondary N) is 1. The third-order valence-corrected chi connectivity index (χ3v) is 4.86. The van der Waals surface area contributed by atoms with Gasteiger partial charge in [0.15, 0.2) is 0 Å². The molecule has 2 aromatic heterocycles. The molecular weight excluding hydrogens is 359 g/mol. The number of rotatable bonds is 4. The van der Waals surface area contributed by atoms with E-state index in [4.69, 9.17) is 0 Å². The summed E-state index contributed by atoms with van der Waals surface area (Å²) in [6, 6.07) is 7.77. The number of thiazole rings is 1. The van der Waals surface area contributed by atoms with Crippen LogP contribution in [0.3, 0.4) is 0 Å². The van der Waals surface area contributed by atoms with Crippen molar-refractivity contribution < 1.29 is 13.2 Å². The molecule has 1 aromatic carbocycles. The number of aryl methyl sites for hydroxylation is 1. The average molecular weight is 377 g/mol. The van der Waals surface area contributed by atoms with Crippen LogP contribution in [0.5, 0.6) is 0 Å². The lowest BCUT2D eigenvalue weighted by Gasteiger charge is -2.17. The summed E-state index contributed by atoms with van der Waals surface area (Å²) in [6.45, 7) is 9.92.